The summed E-state index contributed by atoms with van der Waals surface area (Å²) >= 11 is 0. The van der Waals surface area contributed by atoms with Crippen molar-refractivity contribution in [3.05, 3.63) is 42.5 Å². The van der Waals surface area contributed by atoms with Crippen molar-refractivity contribution in [3.63, 3.8) is 0 Å². The molecule has 0 N–H and O–H groups in total. The molecular weight excluding hydrogens is 308 g/mol. The van der Waals surface area contributed by atoms with Crippen molar-refractivity contribution in [2.45, 2.75) is 28.8 Å². The van der Waals surface area contributed by atoms with Crippen molar-refractivity contribution in [1.82, 2.24) is 15.1 Å². The normalized spacial score (nSPS) is 25.1. The average Bonchev–Trinajstić information content (AvgIpc) is 2.96. The van der Waals surface area contributed by atoms with E-state index in [1.165, 1.54) is 25.9 Å². The van der Waals surface area contributed by atoms with E-state index in [4.69, 9.17) is 0 Å². The van der Waals surface area contributed by atoms with E-state index in [-0.39, 0.29) is 0 Å². The lowest BCUT2D eigenvalue weighted by atomic mass is 10.1. The molecule has 6 heteroatoms. The molecule has 3 aliphatic heterocycles. The predicted octanol–water partition coefficient (Wildman–Crippen LogP) is 1.93. The summed E-state index contributed by atoms with van der Waals surface area (Å²) in [7, 11) is -1.27. The van der Waals surface area contributed by atoms with Crippen LogP contribution in [0, 0.1) is 0 Å². The van der Waals surface area contributed by atoms with Gasteiger partial charge in [0.05, 0.1) is 0 Å². The molecule has 0 radical (unpaired) electrons. The second-order valence-electron chi connectivity index (χ2n) is 6.08. The fraction of sp³-hybridized carbons (Fsp3) is 0.412. The Hall–Kier alpha value is -1.79. The first kappa shape index (κ1) is 14.8. The molecule has 3 saturated heterocycles. The molecule has 2 bridgehead atoms. The van der Waals surface area contributed by atoms with Gasteiger partial charge < -0.3 is 9.80 Å². The van der Waals surface area contributed by atoms with E-state index in [9.17, 15) is 4.21 Å². The lowest BCUT2D eigenvalue weighted by Gasteiger charge is -2.31. The van der Waals surface area contributed by atoms with Gasteiger partial charge >= 0.3 is 0 Å². The molecule has 1 unspecified atom stereocenters. The molecule has 5 nitrogen and oxygen atoms in total. The highest BCUT2D eigenvalue weighted by atomic mass is 32.2. The largest absolute Gasteiger partial charge is 0.351 e. The molecule has 3 fully saturated rings. The molecule has 1 aromatic heterocycles. The number of benzene rings is 1. The molecule has 120 valence electrons. The number of nitrogens with zero attached hydrogens (tertiary/aromatic N) is 4. The number of fused-ring (bicyclic) bond motifs is 4. The van der Waals surface area contributed by atoms with Gasteiger partial charge in [0.2, 0.25) is 0 Å². The summed E-state index contributed by atoms with van der Waals surface area (Å²) in [6, 6.07) is 13.8. The SMILES string of the molecule is O=S(c1ccccc1)c1ccc(N2CCN3CCC2CC3)nn1. The van der Waals surface area contributed by atoms with Crippen molar-refractivity contribution in [2.24, 2.45) is 0 Å². The molecular formula is C17H20N4OS. The van der Waals surface area contributed by atoms with Crippen molar-refractivity contribution >= 4 is 16.6 Å². The minimum Gasteiger partial charge on any atom is -0.351 e. The quantitative estimate of drug-likeness (QED) is 0.862. The van der Waals surface area contributed by atoms with Gasteiger partial charge in [-0.25, -0.2) is 4.21 Å². The fourth-order valence-corrected chi connectivity index (χ4v) is 4.37. The van der Waals surface area contributed by atoms with E-state index in [1.807, 2.05) is 42.5 Å². The first-order valence-electron chi connectivity index (χ1n) is 8.11. The van der Waals surface area contributed by atoms with E-state index in [1.54, 1.807) is 0 Å². The Kier molecular flexibility index (Phi) is 4.10. The Morgan fingerprint density at radius 1 is 0.913 bits per heavy atom. The molecule has 5 rings (SSSR count). The van der Waals surface area contributed by atoms with Crippen LogP contribution < -0.4 is 4.90 Å². The standard InChI is InChI=1S/C17H20N4OS/c22-23(15-4-2-1-3-5-15)17-7-6-16(18-19-17)21-13-12-20-10-8-14(21)9-11-20/h1-7,14H,8-13H2. The van der Waals surface area contributed by atoms with Gasteiger partial charge in [0.25, 0.3) is 0 Å². The number of aromatic nitrogens is 2. The Bertz CT molecular complexity index is 683. The zero-order valence-electron chi connectivity index (χ0n) is 13.0. The van der Waals surface area contributed by atoms with Crippen molar-refractivity contribution in [2.75, 3.05) is 31.1 Å². The van der Waals surface area contributed by atoms with Gasteiger partial charge in [-0.3, -0.25) is 0 Å². The van der Waals surface area contributed by atoms with E-state index < -0.39 is 10.8 Å². The van der Waals surface area contributed by atoms with Gasteiger partial charge in [0.15, 0.2) is 10.8 Å². The maximum Gasteiger partial charge on any atom is 0.155 e. The molecule has 0 spiro atoms. The summed E-state index contributed by atoms with van der Waals surface area (Å²) in [5, 5.41) is 9.13. The lowest BCUT2D eigenvalue weighted by molar-refractivity contribution is 0.250. The lowest BCUT2D eigenvalue weighted by Crippen LogP contribution is -2.38. The number of anilines is 1. The second kappa shape index (κ2) is 6.37. The topological polar surface area (TPSA) is 49.3 Å². The Morgan fingerprint density at radius 3 is 2.39 bits per heavy atom. The van der Waals surface area contributed by atoms with Gasteiger partial charge in [-0.1, -0.05) is 18.2 Å². The molecule has 3 aliphatic rings. The summed E-state index contributed by atoms with van der Waals surface area (Å²) in [5.74, 6) is 0.910. The maximum absolute atomic E-state index is 12.5. The Labute approximate surface area is 138 Å². The van der Waals surface area contributed by atoms with Crippen LogP contribution >= 0.6 is 0 Å². The number of rotatable bonds is 3. The predicted molar refractivity (Wildman–Crippen MR) is 90.0 cm³/mol. The number of piperidine rings is 1. The smallest absolute Gasteiger partial charge is 0.155 e. The summed E-state index contributed by atoms with van der Waals surface area (Å²) in [5.41, 5.74) is 0. The maximum atomic E-state index is 12.5. The highest BCUT2D eigenvalue weighted by Crippen LogP contribution is 2.25. The van der Waals surface area contributed by atoms with Crippen LogP contribution in [0.5, 0.6) is 0 Å². The first-order valence-corrected chi connectivity index (χ1v) is 9.26. The highest BCUT2D eigenvalue weighted by molar-refractivity contribution is 7.85. The second-order valence-corrected chi connectivity index (χ2v) is 7.50. The van der Waals surface area contributed by atoms with Gasteiger partial charge in [0.1, 0.15) is 10.8 Å². The molecule has 4 heterocycles. The third kappa shape index (κ3) is 3.01. The van der Waals surface area contributed by atoms with E-state index in [2.05, 4.69) is 20.0 Å². The zero-order valence-corrected chi connectivity index (χ0v) is 13.8. The Balaban J connectivity index is 1.55. The molecule has 2 aromatic rings. The Morgan fingerprint density at radius 2 is 1.70 bits per heavy atom. The molecule has 1 atom stereocenters. The van der Waals surface area contributed by atoms with Gasteiger partial charge in [-0.15, -0.1) is 10.2 Å². The summed E-state index contributed by atoms with van der Waals surface area (Å²) in [6.45, 7) is 4.46. The fourth-order valence-electron chi connectivity index (χ4n) is 3.42. The van der Waals surface area contributed by atoms with Crippen molar-refractivity contribution < 1.29 is 4.21 Å². The molecule has 23 heavy (non-hydrogen) atoms. The van der Waals surface area contributed by atoms with Gasteiger partial charge in [-0.05, 0) is 37.1 Å². The number of hydrogen-bond donors (Lipinski definition) is 0. The molecule has 0 aliphatic carbocycles. The van der Waals surface area contributed by atoms with Crippen LogP contribution in [-0.2, 0) is 10.8 Å². The van der Waals surface area contributed by atoms with Crippen molar-refractivity contribution in [1.29, 1.82) is 0 Å². The summed E-state index contributed by atoms with van der Waals surface area (Å²) in [6.07, 6.45) is 2.39. The minimum absolute atomic E-state index is 0.517. The molecule has 1 aromatic carbocycles. The highest BCUT2D eigenvalue weighted by Gasteiger charge is 2.29. The summed E-state index contributed by atoms with van der Waals surface area (Å²) in [4.78, 5) is 5.65. The molecule has 0 amide bonds. The van der Waals surface area contributed by atoms with Crippen molar-refractivity contribution in [3.8, 4) is 0 Å². The molecule has 0 saturated carbocycles. The minimum atomic E-state index is -1.27. The van der Waals surface area contributed by atoms with Crippen LogP contribution in [0.15, 0.2) is 52.4 Å². The third-order valence-corrected chi connectivity index (χ3v) is 6.02. The zero-order chi connectivity index (χ0) is 15.6. The third-order valence-electron chi connectivity index (χ3n) is 4.72. The van der Waals surface area contributed by atoms with Crippen LogP contribution in [0.3, 0.4) is 0 Å². The van der Waals surface area contributed by atoms with E-state index in [0.717, 1.165) is 23.8 Å². The average molecular weight is 328 g/mol. The summed E-state index contributed by atoms with van der Waals surface area (Å²) < 4.78 is 12.5. The van der Waals surface area contributed by atoms with Crippen LogP contribution in [-0.4, -0.2) is 51.5 Å². The van der Waals surface area contributed by atoms with E-state index in [0.29, 0.717) is 11.1 Å². The van der Waals surface area contributed by atoms with Gasteiger partial charge in [0, 0.05) is 37.1 Å². The van der Waals surface area contributed by atoms with Crippen LogP contribution in [0.2, 0.25) is 0 Å². The van der Waals surface area contributed by atoms with E-state index >= 15 is 0 Å². The monoisotopic (exact) mass is 328 g/mol. The first-order chi connectivity index (χ1) is 11.3. The van der Waals surface area contributed by atoms with Crippen LogP contribution in [0.4, 0.5) is 5.82 Å². The van der Waals surface area contributed by atoms with Crippen LogP contribution in [0.25, 0.3) is 0 Å². The number of hydrogen-bond acceptors (Lipinski definition) is 5. The van der Waals surface area contributed by atoms with Crippen LogP contribution in [0.1, 0.15) is 12.8 Å². The van der Waals surface area contributed by atoms with Gasteiger partial charge in [-0.2, -0.15) is 0 Å².